The van der Waals surface area contributed by atoms with Crippen molar-refractivity contribution in [2.24, 2.45) is 0 Å². The number of aryl methyl sites for hydroxylation is 1. The number of nitrogens with zero attached hydrogens (tertiary/aromatic N) is 4. The van der Waals surface area contributed by atoms with E-state index in [4.69, 9.17) is 35.0 Å². The smallest absolute Gasteiger partial charge is 0.411 e. The Labute approximate surface area is 232 Å². The topological polar surface area (TPSA) is 129 Å². The van der Waals surface area contributed by atoms with Crippen LogP contribution in [0.25, 0.3) is 33.3 Å². The van der Waals surface area contributed by atoms with E-state index in [-0.39, 0.29) is 13.2 Å². The van der Waals surface area contributed by atoms with Gasteiger partial charge in [-0.2, -0.15) is 0 Å². The second kappa shape index (κ2) is 10.1. The maximum atomic E-state index is 12.0. The van der Waals surface area contributed by atoms with Gasteiger partial charge in [0.25, 0.3) is 0 Å². The number of hydrogen-bond donors (Lipinski definition) is 1. The molecule has 3 aromatic heterocycles. The summed E-state index contributed by atoms with van der Waals surface area (Å²) in [5.41, 5.74) is 3.84. The Morgan fingerprint density at radius 1 is 1.12 bits per heavy atom. The van der Waals surface area contributed by atoms with E-state index < -0.39 is 12.2 Å². The summed E-state index contributed by atoms with van der Waals surface area (Å²) >= 11 is 6.61. The third-order valence-electron chi connectivity index (χ3n) is 6.48. The first-order valence-electron chi connectivity index (χ1n) is 12.2. The van der Waals surface area contributed by atoms with Crippen LogP contribution in [0.15, 0.2) is 53.2 Å². The average Bonchev–Trinajstić information content (AvgIpc) is 3.41. The minimum Gasteiger partial charge on any atom is -0.485 e. The van der Waals surface area contributed by atoms with Crippen LogP contribution >= 0.6 is 11.6 Å². The number of halogens is 1. The predicted octanol–water partition coefficient (Wildman–Crippen LogP) is 5.74. The molecule has 5 aromatic rings. The SMILES string of the molecule is COc1ccc(N(C[C@@H]2COc3c(cc(Cl)c4oc(-c5cc(C)cc6nc(OC)cnc56)cc34)O2)C(=O)O)cn1. The lowest BCUT2D eigenvalue weighted by atomic mass is 10.1. The molecule has 6 rings (SSSR count). The van der Waals surface area contributed by atoms with Gasteiger partial charge in [0.1, 0.15) is 12.4 Å². The summed E-state index contributed by atoms with van der Waals surface area (Å²) in [5, 5.41) is 10.8. The first kappa shape index (κ1) is 25.5. The number of pyridine rings is 1. The fraction of sp³-hybridized carbons (Fsp3) is 0.214. The summed E-state index contributed by atoms with van der Waals surface area (Å²) in [5.74, 6) is 2.17. The van der Waals surface area contributed by atoms with E-state index in [9.17, 15) is 9.90 Å². The Hall–Kier alpha value is -4.77. The Bertz CT molecular complexity index is 1760. The summed E-state index contributed by atoms with van der Waals surface area (Å²) in [6.45, 7) is 2.07. The maximum absolute atomic E-state index is 12.0. The summed E-state index contributed by atoms with van der Waals surface area (Å²) in [7, 11) is 3.03. The van der Waals surface area contributed by atoms with E-state index in [0.717, 1.165) is 16.0 Å². The molecule has 40 heavy (non-hydrogen) atoms. The summed E-state index contributed by atoms with van der Waals surface area (Å²) < 4.78 is 28.7. The Morgan fingerprint density at radius 2 is 1.95 bits per heavy atom. The number of methoxy groups -OCH3 is 2. The number of benzene rings is 2. The lowest BCUT2D eigenvalue weighted by Gasteiger charge is -2.30. The first-order chi connectivity index (χ1) is 19.3. The largest absolute Gasteiger partial charge is 0.485 e. The molecule has 0 bridgehead atoms. The monoisotopic (exact) mass is 562 g/mol. The lowest BCUT2D eigenvalue weighted by Crippen LogP contribution is -2.43. The van der Waals surface area contributed by atoms with Gasteiger partial charge < -0.3 is 28.5 Å². The molecule has 0 fully saturated rings. The van der Waals surface area contributed by atoms with Crippen molar-refractivity contribution >= 4 is 45.4 Å². The standard InChI is InChI=1S/C28H23ClN4O7/c1-14-6-17(25-20(7-14)32-24(37-3)11-31-25)21-8-18-26(40-21)19(29)9-22-27(18)38-13-16(39-22)12-33(28(34)35)15-4-5-23(36-2)30-10-15/h4-11,16H,12-13H2,1-3H3,(H,34,35)/t16-/m1/s1. The number of hydrogen-bond acceptors (Lipinski definition) is 9. The molecule has 4 heterocycles. The Balaban J connectivity index is 1.33. The quantitative estimate of drug-likeness (QED) is 0.273. The highest BCUT2D eigenvalue weighted by Crippen LogP contribution is 2.46. The Morgan fingerprint density at radius 3 is 2.67 bits per heavy atom. The number of ether oxygens (including phenoxy) is 4. The van der Waals surface area contributed by atoms with Crippen LogP contribution in [0.3, 0.4) is 0 Å². The van der Waals surface area contributed by atoms with Crippen LogP contribution in [0.4, 0.5) is 10.5 Å². The van der Waals surface area contributed by atoms with Crippen molar-refractivity contribution in [3.05, 3.63) is 59.4 Å². The molecule has 0 radical (unpaired) electrons. The van der Waals surface area contributed by atoms with Gasteiger partial charge in [-0.15, -0.1) is 0 Å². The van der Waals surface area contributed by atoms with Crippen molar-refractivity contribution in [1.82, 2.24) is 15.0 Å². The molecule has 0 unspecified atom stereocenters. The number of carboxylic acid groups (broad SMARTS) is 1. The van der Waals surface area contributed by atoms with Gasteiger partial charge in [-0.25, -0.2) is 19.7 Å². The molecule has 11 nitrogen and oxygen atoms in total. The number of amides is 1. The summed E-state index contributed by atoms with van der Waals surface area (Å²) in [4.78, 5) is 26.3. The van der Waals surface area contributed by atoms with Crippen LogP contribution in [0.5, 0.6) is 23.3 Å². The van der Waals surface area contributed by atoms with E-state index in [1.165, 1.54) is 13.3 Å². The maximum Gasteiger partial charge on any atom is 0.411 e. The number of anilines is 1. The van der Waals surface area contributed by atoms with Gasteiger partial charge in [0.05, 0.1) is 60.3 Å². The van der Waals surface area contributed by atoms with Crippen molar-refractivity contribution < 1.29 is 33.3 Å². The normalized spacial score (nSPS) is 14.3. The molecular weight excluding hydrogens is 540 g/mol. The fourth-order valence-corrected chi connectivity index (χ4v) is 4.89. The molecule has 0 aliphatic carbocycles. The van der Waals surface area contributed by atoms with Crippen molar-refractivity contribution in [1.29, 1.82) is 0 Å². The number of carbonyl (C=O) groups is 1. The zero-order valence-corrected chi connectivity index (χ0v) is 22.4. The molecule has 1 atom stereocenters. The van der Waals surface area contributed by atoms with Gasteiger partial charge >= 0.3 is 6.09 Å². The zero-order valence-electron chi connectivity index (χ0n) is 21.7. The molecule has 1 aliphatic heterocycles. The van der Waals surface area contributed by atoms with Crippen LogP contribution in [0.2, 0.25) is 5.02 Å². The van der Waals surface area contributed by atoms with Gasteiger partial charge in [-0.1, -0.05) is 11.6 Å². The van der Waals surface area contributed by atoms with Gasteiger partial charge in [0.15, 0.2) is 23.2 Å². The van der Waals surface area contributed by atoms with E-state index >= 15 is 0 Å². The second-order valence-corrected chi connectivity index (χ2v) is 9.54. The minimum absolute atomic E-state index is 0.00644. The fourth-order valence-electron chi connectivity index (χ4n) is 4.65. The molecule has 1 amide bonds. The molecule has 0 saturated heterocycles. The van der Waals surface area contributed by atoms with Gasteiger partial charge in [-0.05, 0) is 36.8 Å². The number of aromatic nitrogens is 3. The third-order valence-corrected chi connectivity index (χ3v) is 6.77. The highest BCUT2D eigenvalue weighted by molar-refractivity contribution is 6.35. The molecule has 12 heteroatoms. The van der Waals surface area contributed by atoms with Crippen LogP contribution in [0.1, 0.15) is 5.56 Å². The predicted molar refractivity (Wildman–Crippen MR) is 147 cm³/mol. The molecule has 204 valence electrons. The Kier molecular flexibility index (Phi) is 6.43. The van der Waals surface area contributed by atoms with E-state index in [1.807, 2.05) is 25.1 Å². The van der Waals surface area contributed by atoms with Crippen LogP contribution in [0, 0.1) is 6.92 Å². The average molecular weight is 563 g/mol. The van der Waals surface area contributed by atoms with Crippen LogP contribution < -0.4 is 23.8 Å². The lowest BCUT2D eigenvalue weighted by molar-refractivity contribution is 0.0960. The van der Waals surface area contributed by atoms with Crippen molar-refractivity contribution in [2.45, 2.75) is 13.0 Å². The zero-order chi connectivity index (χ0) is 28.0. The third kappa shape index (κ3) is 4.54. The highest BCUT2D eigenvalue weighted by atomic mass is 35.5. The number of furan rings is 1. The van der Waals surface area contributed by atoms with E-state index in [2.05, 4.69) is 15.0 Å². The minimum atomic E-state index is -1.15. The van der Waals surface area contributed by atoms with Gasteiger partial charge in [-0.3, -0.25) is 4.90 Å². The summed E-state index contributed by atoms with van der Waals surface area (Å²) in [6.07, 6.45) is 1.23. The molecule has 0 saturated carbocycles. The molecule has 2 aromatic carbocycles. The highest BCUT2D eigenvalue weighted by Gasteiger charge is 2.30. The number of rotatable bonds is 6. The van der Waals surface area contributed by atoms with Crippen molar-refractivity contribution in [3.8, 4) is 34.6 Å². The van der Waals surface area contributed by atoms with E-state index in [0.29, 0.717) is 61.7 Å². The summed E-state index contributed by atoms with van der Waals surface area (Å²) in [6, 6.07) is 10.5. The molecule has 1 N–H and O–H groups in total. The van der Waals surface area contributed by atoms with Crippen LogP contribution in [-0.4, -0.2) is 59.6 Å². The first-order valence-corrected chi connectivity index (χ1v) is 12.6. The van der Waals surface area contributed by atoms with Crippen LogP contribution in [-0.2, 0) is 0 Å². The van der Waals surface area contributed by atoms with Gasteiger partial charge in [0.2, 0.25) is 11.8 Å². The van der Waals surface area contributed by atoms with E-state index in [1.54, 1.807) is 31.5 Å². The molecule has 0 spiro atoms. The second-order valence-electron chi connectivity index (χ2n) is 9.13. The van der Waals surface area contributed by atoms with Gasteiger partial charge in [0, 0.05) is 17.7 Å². The van der Waals surface area contributed by atoms with Crippen molar-refractivity contribution in [3.63, 3.8) is 0 Å². The molecule has 1 aliphatic rings. The molecular formula is C28H23ClN4O7. The van der Waals surface area contributed by atoms with Crippen molar-refractivity contribution in [2.75, 3.05) is 32.3 Å². The number of fused-ring (bicyclic) bond motifs is 4.